The monoisotopic (exact) mass is 264 g/mol. The summed E-state index contributed by atoms with van der Waals surface area (Å²) in [4.78, 5) is 0. The lowest BCUT2D eigenvalue weighted by Gasteiger charge is -2.02. The van der Waals surface area contributed by atoms with Crippen LogP contribution in [-0.4, -0.2) is 18.2 Å². The number of aryl methyl sites for hydroxylation is 1. The molecule has 0 bridgehead atoms. The van der Waals surface area contributed by atoms with Gasteiger partial charge in [0.1, 0.15) is 0 Å². The second-order valence-electron chi connectivity index (χ2n) is 5.00. The van der Waals surface area contributed by atoms with E-state index in [0.717, 1.165) is 13.1 Å². The molecule has 0 unspecified atom stereocenters. The number of para-hydroxylation sites is 1. The first-order valence-corrected chi connectivity index (χ1v) is 7.17. The van der Waals surface area contributed by atoms with Crippen molar-refractivity contribution in [1.82, 2.24) is 9.88 Å². The summed E-state index contributed by atoms with van der Waals surface area (Å²) in [5.41, 5.74) is 3.90. The predicted molar refractivity (Wildman–Crippen MR) is 88.1 cm³/mol. The quantitative estimate of drug-likeness (QED) is 0.752. The van der Waals surface area contributed by atoms with Gasteiger partial charge in [0.05, 0.1) is 0 Å². The van der Waals surface area contributed by atoms with Crippen LogP contribution in [0, 0.1) is 0 Å². The van der Waals surface area contributed by atoms with Gasteiger partial charge >= 0.3 is 0 Å². The Hall–Kier alpha value is -2.06. The van der Waals surface area contributed by atoms with Gasteiger partial charge < -0.3 is 9.88 Å². The lowest BCUT2D eigenvalue weighted by Crippen LogP contribution is -2.03. The van der Waals surface area contributed by atoms with Gasteiger partial charge in [0.25, 0.3) is 0 Å². The molecule has 0 aliphatic heterocycles. The van der Waals surface area contributed by atoms with Crippen molar-refractivity contribution in [3.05, 3.63) is 54.1 Å². The van der Waals surface area contributed by atoms with Crippen LogP contribution in [-0.2, 0) is 6.54 Å². The number of aromatic nitrogens is 1. The number of benzene rings is 2. The average Bonchev–Trinajstić information content (AvgIpc) is 2.81. The van der Waals surface area contributed by atoms with Gasteiger partial charge in [0.15, 0.2) is 0 Å². The zero-order chi connectivity index (χ0) is 13.9. The molecule has 20 heavy (non-hydrogen) atoms. The maximum absolute atomic E-state index is 3.13. The Morgan fingerprint density at radius 3 is 2.65 bits per heavy atom. The van der Waals surface area contributed by atoms with Gasteiger partial charge in [-0.2, -0.15) is 0 Å². The molecule has 0 spiro atoms. The maximum Gasteiger partial charge on any atom is 0.0491 e. The topological polar surface area (TPSA) is 17.0 Å². The van der Waals surface area contributed by atoms with Crippen LogP contribution in [0.4, 0.5) is 0 Å². The van der Waals surface area contributed by atoms with E-state index >= 15 is 0 Å². The van der Waals surface area contributed by atoms with E-state index in [0.29, 0.717) is 0 Å². The highest BCUT2D eigenvalue weighted by atomic mass is 15.0. The molecular weight excluding hydrogens is 244 g/mol. The number of likely N-dealkylation sites (N-methyl/N-ethyl adjacent to an activating group) is 1. The summed E-state index contributed by atoms with van der Waals surface area (Å²) in [6.07, 6.45) is 4.33. The predicted octanol–water partition coefficient (Wildman–Crippen LogP) is 4.05. The summed E-state index contributed by atoms with van der Waals surface area (Å²) in [5.74, 6) is 0. The highest BCUT2D eigenvalue weighted by molar-refractivity contribution is 6.08. The molecule has 0 aliphatic rings. The Morgan fingerprint density at radius 2 is 1.85 bits per heavy atom. The Balaban J connectivity index is 2.21. The molecular formula is C18H20N2. The van der Waals surface area contributed by atoms with Crippen LogP contribution in [0.5, 0.6) is 0 Å². The molecule has 1 N–H and O–H groups in total. The third kappa shape index (κ3) is 2.12. The molecule has 0 saturated heterocycles. The second-order valence-corrected chi connectivity index (χ2v) is 5.00. The fraction of sp³-hybridized carbons (Fsp3) is 0.222. The molecule has 1 heterocycles. The Morgan fingerprint density at radius 1 is 1.05 bits per heavy atom. The molecule has 3 aromatic rings. The van der Waals surface area contributed by atoms with Crippen molar-refractivity contribution in [3.63, 3.8) is 0 Å². The summed E-state index contributed by atoms with van der Waals surface area (Å²) < 4.78 is 2.38. The van der Waals surface area contributed by atoms with Gasteiger partial charge in [-0.1, -0.05) is 36.4 Å². The lowest BCUT2D eigenvalue weighted by atomic mass is 10.1. The first-order valence-electron chi connectivity index (χ1n) is 7.17. The highest BCUT2D eigenvalue weighted by Gasteiger charge is 2.08. The molecule has 0 radical (unpaired) electrons. The van der Waals surface area contributed by atoms with Gasteiger partial charge in [0.2, 0.25) is 0 Å². The second kappa shape index (κ2) is 5.51. The van der Waals surface area contributed by atoms with Gasteiger partial charge in [-0.15, -0.1) is 0 Å². The van der Waals surface area contributed by atoms with Gasteiger partial charge in [0, 0.05) is 34.9 Å². The standard InChI is InChI=1S/C18H20N2/c1-3-20-17-9-5-4-8-15(17)16-13-14(7-6-12-19-2)10-11-18(16)20/h4-11,13,19H,3,12H2,1-2H3. The minimum atomic E-state index is 0.898. The maximum atomic E-state index is 3.13. The fourth-order valence-electron chi connectivity index (χ4n) is 2.83. The fourth-order valence-corrected chi connectivity index (χ4v) is 2.83. The Labute approximate surface area is 119 Å². The van der Waals surface area contributed by atoms with Crippen molar-refractivity contribution in [1.29, 1.82) is 0 Å². The van der Waals surface area contributed by atoms with E-state index in [-0.39, 0.29) is 0 Å². The first-order chi connectivity index (χ1) is 9.85. The van der Waals surface area contributed by atoms with E-state index in [4.69, 9.17) is 0 Å². The Bertz CT molecular complexity index is 766. The van der Waals surface area contributed by atoms with Crippen LogP contribution in [0.1, 0.15) is 12.5 Å². The van der Waals surface area contributed by atoms with Crippen LogP contribution in [0.15, 0.2) is 48.5 Å². The van der Waals surface area contributed by atoms with Crippen molar-refractivity contribution < 1.29 is 0 Å². The third-order valence-corrected chi connectivity index (χ3v) is 3.74. The van der Waals surface area contributed by atoms with E-state index in [1.807, 2.05) is 7.05 Å². The van der Waals surface area contributed by atoms with E-state index < -0.39 is 0 Å². The molecule has 0 amide bonds. The van der Waals surface area contributed by atoms with Crippen LogP contribution in [0.25, 0.3) is 27.9 Å². The van der Waals surface area contributed by atoms with Crippen molar-refractivity contribution >= 4 is 27.9 Å². The summed E-state index contributed by atoms with van der Waals surface area (Å²) in [7, 11) is 1.96. The number of nitrogens with one attached hydrogen (secondary N) is 1. The number of rotatable bonds is 4. The first kappa shape index (κ1) is 12.9. The SMILES string of the molecule is CCn1c2ccccc2c2cc(C=CCNC)ccc21. The zero-order valence-electron chi connectivity index (χ0n) is 12.1. The normalized spacial score (nSPS) is 11.9. The molecule has 2 heteroatoms. The molecule has 0 saturated carbocycles. The van der Waals surface area contributed by atoms with Gasteiger partial charge in [-0.05, 0) is 37.7 Å². The lowest BCUT2D eigenvalue weighted by molar-refractivity contribution is 0.827. The Kier molecular flexibility index (Phi) is 3.57. The van der Waals surface area contributed by atoms with Crippen molar-refractivity contribution in [2.75, 3.05) is 13.6 Å². The summed E-state index contributed by atoms with van der Waals surface area (Å²) in [5, 5.41) is 5.81. The number of fused-ring (bicyclic) bond motifs is 3. The molecule has 0 fully saturated rings. The zero-order valence-corrected chi connectivity index (χ0v) is 12.1. The smallest absolute Gasteiger partial charge is 0.0491 e. The average molecular weight is 264 g/mol. The van der Waals surface area contributed by atoms with Crippen molar-refractivity contribution in [2.45, 2.75) is 13.5 Å². The molecule has 2 aromatic carbocycles. The molecule has 102 valence electrons. The molecule has 1 aromatic heterocycles. The third-order valence-electron chi connectivity index (χ3n) is 3.74. The van der Waals surface area contributed by atoms with Crippen LogP contribution >= 0.6 is 0 Å². The van der Waals surface area contributed by atoms with Gasteiger partial charge in [-0.3, -0.25) is 0 Å². The largest absolute Gasteiger partial charge is 0.341 e. The van der Waals surface area contributed by atoms with E-state index in [2.05, 4.69) is 71.4 Å². The summed E-state index contributed by atoms with van der Waals surface area (Å²) in [6, 6.07) is 15.4. The summed E-state index contributed by atoms with van der Waals surface area (Å²) in [6.45, 7) is 4.10. The molecule has 2 nitrogen and oxygen atoms in total. The highest BCUT2D eigenvalue weighted by Crippen LogP contribution is 2.29. The number of hydrogen-bond donors (Lipinski definition) is 1. The van der Waals surface area contributed by atoms with Crippen LogP contribution < -0.4 is 5.32 Å². The minimum absolute atomic E-state index is 0.898. The van der Waals surface area contributed by atoms with Crippen LogP contribution in [0.3, 0.4) is 0 Å². The van der Waals surface area contributed by atoms with Crippen LogP contribution in [0.2, 0.25) is 0 Å². The molecule has 0 atom stereocenters. The summed E-state index contributed by atoms with van der Waals surface area (Å²) >= 11 is 0. The minimum Gasteiger partial charge on any atom is -0.341 e. The number of hydrogen-bond acceptors (Lipinski definition) is 1. The molecule has 3 rings (SSSR count). The van der Waals surface area contributed by atoms with E-state index in [9.17, 15) is 0 Å². The molecule has 0 aliphatic carbocycles. The van der Waals surface area contributed by atoms with E-state index in [1.165, 1.54) is 27.4 Å². The van der Waals surface area contributed by atoms with Crippen molar-refractivity contribution in [3.8, 4) is 0 Å². The number of nitrogens with zero attached hydrogens (tertiary/aromatic N) is 1. The van der Waals surface area contributed by atoms with Gasteiger partial charge in [-0.25, -0.2) is 0 Å². The van der Waals surface area contributed by atoms with E-state index in [1.54, 1.807) is 0 Å². The van der Waals surface area contributed by atoms with Crippen molar-refractivity contribution in [2.24, 2.45) is 0 Å².